The van der Waals surface area contributed by atoms with Gasteiger partial charge in [-0.2, -0.15) is 4.98 Å². The maximum atomic E-state index is 12.2. The number of rotatable bonds is 10. The number of carbonyl (C=O) groups is 1. The van der Waals surface area contributed by atoms with Crippen molar-refractivity contribution in [3.63, 3.8) is 0 Å². The molecule has 10 nitrogen and oxygen atoms in total. The minimum atomic E-state index is -0.340. The molecule has 1 saturated heterocycles. The molecule has 5 rings (SSSR count). The lowest BCUT2D eigenvalue weighted by atomic mass is 10.2. The first kappa shape index (κ1) is 26.2. The highest BCUT2D eigenvalue weighted by Crippen LogP contribution is 2.38. The van der Waals surface area contributed by atoms with Crippen molar-refractivity contribution in [3.05, 3.63) is 73.6 Å². The van der Waals surface area contributed by atoms with Crippen LogP contribution in [0.5, 0.6) is 11.5 Å². The summed E-state index contributed by atoms with van der Waals surface area (Å²) in [6.07, 6.45) is 4.90. The van der Waals surface area contributed by atoms with Crippen LogP contribution in [0.25, 0.3) is 16.7 Å². The van der Waals surface area contributed by atoms with E-state index in [-0.39, 0.29) is 5.91 Å². The Kier molecular flexibility index (Phi) is 8.04. The molecule has 0 radical (unpaired) electrons. The molecule has 0 aliphatic carbocycles. The molecule has 0 saturated carbocycles. The van der Waals surface area contributed by atoms with E-state index >= 15 is 0 Å². The fraction of sp³-hybridized carbons (Fsp3) is 0.276. The molecule has 1 aliphatic rings. The van der Waals surface area contributed by atoms with E-state index in [0.29, 0.717) is 35.4 Å². The largest absolute Gasteiger partial charge is 0.494 e. The number of para-hydroxylation sites is 1. The number of methoxy groups -OCH3 is 1. The van der Waals surface area contributed by atoms with E-state index in [2.05, 4.69) is 45.1 Å². The van der Waals surface area contributed by atoms with Gasteiger partial charge in [0.2, 0.25) is 11.9 Å². The van der Waals surface area contributed by atoms with Gasteiger partial charge in [-0.1, -0.05) is 24.8 Å². The van der Waals surface area contributed by atoms with Crippen molar-refractivity contribution < 1.29 is 14.3 Å². The highest BCUT2D eigenvalue weighted by atomic mass is 16.5. The topological polar surface area (TPSA) is 96.8 Å². The number of benzene rings is 2. The SMILES string of the molecule is C=CC(=O)Nc1cc(Nc2nccc(-n3ccc4ccccc43)n2)c(OC)cc1OCCN1CCN(C)CC1. The number of piperazine rings is 1. The standard InChI is InChI=1S/C29H33N7O3/c1-4-28(37)31-23-19-22(25(38-3)20-26(23)39-18-17-35-15-13-34(2)14-16-35)32-29-30-11-9-27(33-29)36-12-10-21-7-5-6-8-24(21)36/h4-12,19-20H,1,13-18H2,2-3H3,(H,31,37)(H,30,32,33). The molecule has 0 unspecified atom stereocenters. The summed E-state index contributed by atoms with van der Waals surface area (Å²) >= 11 is 0. The zero-order valence-electron chi connectivity index (χ0n) is 22.3. The van der Waals surface area contributed by atoms with Crippen LogP contribution in [0.15, 0.2) is 73.6 Å². The average molecular weight is 528 g/mol. The first-order chi connectivity index (χ1) is 19.0. The molecule has 0 bridgehead atoms. The molecule has 1 fully saturated rings. The van der Waals surface area contributed by atoms with Gasteiger partial charge in [-0.15, -0.1) is 0 Å². The molecule has 1 aliphatic heterocycles. The Hall–Kier alpha value is -4.41. The Morgan fingerprint density at radius 2 is 1.90 bits per heavy atom. The Bertz CT molecular complexity index is 1460. The molecule has 0 atom stereocenters. The van der Waals surface area contributed by atoms with E-state index in [0.717, 1.165) is 49.4 Å². The second kappa shape index (κ2) is 12.0. The van der Waals surface area contributed by atoms with Gasteiger partial charge in [0.25, 0.3) is 0 Å². The molecule has 4 aromatic rings. The molecule has 1 amide bonds. The number of nitrogens with one attached hydrogen (secondary N) is 2. The molecule has 2 aromatic carbocycles. The smallest absolute Gasteiger partial charge is 0.247 e. The lowest BCUT2D eigenvalue weighted by molar-refractivity contribution is -0.111. The fourth-order valence-corrected chi connectivity index (χ4v) is 4.53. The second-order valence-electron chi connectivity index (χ2n) is 9.34. The fourth-order valence-electron chi connectivity index (χ4n) is 4.53. The number of hydrogen-bond donors (Lipinski definition) is 2. The summed E-state index contributed by atoms with van der Waals surface area (Å²) in [5.74, 6) is 1.80. The van der Waals surface area contributed by atoms with Gasteiger partial charge in [0, 0.05) is 51.2 Å². The van der Waals surface area contributed by atoms with Crippen molar-refractivity contribution in [2.45, 2.75) is 0 Å². The number of hydrogen-bond acceptors (Lipinski definition) is 8. The average Bonchev–Trinajstić information content (AvgIpc) is 3.39. The summed E-state index contributed by atoms with van der Waals surface area (Å²) in [6.45, 7) is 8.93. The monoisotopic (exact) mass is 527 g/mol. The minimum Gasteiger partial charge on any atom is -0.494 e. The maximum Gasteiger partial charge on any atom is 0.247 e. The van der Waals surface area contributed by atoms with E-state index in [9.17, 15) is 4.79 Å². The molecular formula is C29H33N7O3. The van der Waals surface area contributed by atoms with Crippen LogP contribution in [-0.4, -0.2) is 83.7 Å². The van der Waals surface area contributed by atoms with E-state index in [1.165, 1.54) is 6.08 Å². The van der Waals surface area contributed by atoms with Gasteiger partial charge in [0.15, 0.2) is 0 Å². The quantitative estimate of drug-likeness (QED) is 0.300. The molecule has 2 N–H and O–H groups in total. The van der Waals surface area contributed by atoms with Crippen LogP contribution in [0.2, 0.25) is 0 Å². The van der Waals surface area contributed by atoms with Crippen molar-refractivity contribution in [2.24, 2.45) is 0 Å². The van der Waals surface area contributed by atoms with Crippen LogP contribution >= 0.6 is 0 Å². The van der Waals surface area contributed by atoms with Crippen molar-refractivity contribution in [1.82, 2.24) is 24.3 Å². The molecule has 202 valence electrons. The predicted molar refractivity (Wildman–Crippen MR) is 153 cm³/mol. The first-order valence-electron chi connectivity index (χ1n) is 12.9. The summed E-state index contributed by atoms with van der Waals surface area (Å²) in [4.78, 5) is 26.0. The number of aromatic nitrogens is 3. The van der Waals surface area contributed by atoms with Gasteiger partial charge in [-0.05, 0) is 42.8 Å². The third-order valence-electron chi connectivity index (χ3n) is 6.74. The number of ether oxygens (including phenoxy) is 2. The predicted octanol–water partition coefficient (Wildman–Crippen LogP) is 3.92. The molecule has 0 spiro atoms. The van der Waals surface area contributed by atoms with Crippen LogP contribution in [0.4, 0.5) is 17.3 Å². The number of amides is 1. The lowest BCUT2D eigenvalue weighted by Gasteiger charge is -2.32. The number of anilines is 3. The second-order valence-corrected chi connectivity index (χ2v) is 9.34. The maximum absolute atomic E-state index is 12.2. The third-order valence-corrected chi connectivity index (χ3v) is 6.74. The number of likely N-dealkylation sites (N-methyl/N-ethyl adjacent to an activating group) is 1. The minimum absolute atomic E-state index is 0.340. The van der Waals surface area contributed by atoms with E-state index < -0.39 is 0 Å². The Morgan fingerprint density at radius 3 is 2.69 bits per heavy atom. The van der Waals surface area contributed by atoms with Gasteiger partial charge in [-0.25, -0.2) is 4.98 Å². The van der Waals surface area contributed by atoms with E-state index in [1.54, 1.807) is 25.4 Å². The van der Waals surface area contributed by atoms with Gasteiger partial charge in [-0.3, -0.25) is 9.69 Å². The molecular weight excluding hydrogens is 494 g/mol. The zero-order chi connectivity index (χ0) is 27.2. The molecule has 2 aromatic heterocycles. The zero-order valence-corrected chi connectivity index (χ0v) is 22.3. The van der Waals surface area contributed by atoms with Crippen LogP contribution in [-0.2, 0) is 4.79 Å². The highest BCUT2D eigenvalue weighted by Gasteiger charge is 2.17. The van der Waals surface area contributed by atoms with Crippen molar-refractivity contribution >= 4 is 34.1 Å². The van der Waals surface area contributed by atoms with E-state index in [1.807, 2.05) is 41.1 Å². The van der Waals surface area contributed by atoms with Crippen LogP contribution in [0.1, 0.15) is 0 Å². The first-order valence-corrected chi connectivity index (χ1v) is 12.9. The number of fused-ring (bicyclic) bond motifs is 1. The van der Waals surface area contributed by atoms with Gasteiger partial charge < -0.3 is 29.6 Å². The summed E-state index contributed by atoms with van der Waals surface area (Å²) in [5.41, 5.74) is 2.12. The van der Waals surface area contributed by atoms with Crippen molar-refractivity contribution in [1.29, 1.82) is 0 Å². The summed E-state index contributed by atoms with van der Waals surface area (Å²) in [7, 11) is 3.72. The highest BCUT2D eigenvalue weighted by molar-refractivity contribution is 6.00. The van der Waals surface area contributed by atoms with E-state index in [4.69, 9.17) is 14.5 Å². The molecule has 10 heteroatoms. The number of nitrogens with zero attached hydrogens (tertiary/aromatic N) is 5. The molecule has 39 heavy (non-hydrogen) atoms. The van der Waals surface area contributed by atoms with Crippen LogP contribution < -0.4 is 20.1 Å². The van der Waals surface area contributed by atoms with Gasteiger partial charge in [0.1, 0.15) is 23.9 Å². The lowest BCUT2D eigenvalue weighted by Crippen LogP contribution is -2.45. The van der Waals surface area contributed by atoms with Gasteiger partial charge >= 0.3 is 0 Å². The van der Waals surface area contributed by atoms with Gasteiger partial charge in [0.05, 0.1) is 24.0 Å². The summed E-state index contributed by atoms with van der Waals surface area (Å²) in [6, 6.07) is 15.5. The molecule has 3 heterocycles. The van der Waals surface area contributed by atoms with Crippen molar-refractivity contribution in [2.75, 3.05) is 64.1 Å². The Labute approximate surface area is 227 Å². The Balaban J connectivity index is 1.38. The normalized spacial score (nSPS) is 14.2. The van der Waals surface area contributed by atoms with Crippen LogP contribution in [0, 0.1) is 0 Å². The third kappa shape index (κ3) is 6.19. The summed E-state index contributed by atoms with van der Waals surface area (Å²) in [5, 5.41) is 7.20. The Morgan fingerprint density at radius 1 is 1.08 bits per heavy atom. The van der Waals surface area contributed by atoms with Crippen LogP contribution in [0.3, 0.4) is 0 Å². The van der Waals surface area contributed by atoms with Crippen molar-refractivity contribution in [3.8, 4) is 17.3 Å². The summed E-state index contributed by atoms with van der Waals surface area (Å²) < 4.78 is 13.8. The number of carbonyl (C=O) groups excluding carboxylic acids is 1.